The number of carboxylic acid groups (broad SMARTS) is 1. The summed E-state index contributed by atoms with van der Waals surface area (Å²) < 4.78 is 0. The maximum Gasteiger partial charge on any atom is 0.0600 e. The van der Waals surface area contributed by atoms with E-state index in [9.17, 15) is 15.0 Å². The first kappa shape index (κ1) is 13.1. The van der Waals surface area contributed by atoms with E-state index < -0.39 is 12.1 Å². The Morgan fingerprint density at radius 3 is 2.69 bits per heavy atom. The quantitative estimate of drug-likeness (QED) is 0.715. The lowest BCUT2D eigenvalue weighted by Gasteiger charge is -2.10. The molecule has 0 radical (unpaired) electrons. The molecule has 0 heterocycles. The van der Waals surface area contributed by atoms with Crippen molar-refractivity contribution in [2.24, 2.45) is 0 Å². The molecule has 0 aliphatic heterocycles. The summed E-state index contributed by atoms with van der Waals surface area (Å²) >= 11 is 1.69. The van der Waals surface area contributed by atoms with Gasteiger partial charge in [0.1, 0.15) is 0 Å². The number of benzene rings is 1. The minimum Gasteiger partial charge on any atom is -0.550 e. The fraction of sp³-hybridized carbons (Fsp3) is 0.417. The number of hydrogen-bond acceptors (Lipinski definition) is 4. The zero-order valence-corrected chi connectivity index (χ0v) is 9.78. The van der Waals surface area contributed by atoms with Crippen molar-refractivity contribution in [1.82, 2.24) is 0 Å². The fourth-order valence-corrected chi connectivity index (χ4v) is 2.29. The standard InChI is InChI=1S/C12H16O3S/c13-11(8-12(14)15)6-7-16-9-10-4-2-1-3-5-10/h1-5,11,13H,6-9H2,(H,14,15)/p-1. The second kappa shape index (κ2) is 7.30. The van der Waals surface area contributed by atoms with Crippen molar-refractivity contribution >= 4 is 17.7 Å². The van der Waals surface area contributed by atoms with Gasteiger partial charge >= 0.3 is 0 Å². The molecule has 0 saturated heterocycles. The summed E-state index contributed by atoms with van der Waals surface area (Å²) in [5.41, 5.74) is 1.24. The average Bonchev–Trinajstić information content (AvgIpc) is 2.25. The van der Waals surface area contributed by atoms with Gasteiger partial charge in [-0.3, -0.25) is 0 Å². The summed E-state index contributed by atoms with van der Waals surface area (Å²) in [6.45, 7) is 0. The van der Waals surface area contributed by atoms with Crippen molar-refractivity contribution in [2.45, 2.75) is 24.7 Å². The van der Waals surface area contributed by atoms with Gasteiger partial charge in [-0.1, -0.05) is 30.3 Å². The minimum atomic E-state index is -1.19. The molecule has 1 unspecified atom stereocenters. The van der Waals surface area contributed by atoms with E-state index >= 15 is 0 Å². The van der Waals surface area contributed by atoms with Crippen molar-refractivity contribution < 1.29 is 15.0 Å². The first-order valence-electron chi connectivity index (χ1n) is 5.18. The van der Waals surface area contributed by atoms with Gasteiger partial charge in [0.15, 0.2) is 0 Å². The van der Waals surface area contributed by atoms with Gasteiger partial charge in [0.25, 0.3) is 0 Å². The Labute approximate surface area is 99.5 Å². The molecule has 0 saturated carbocycles. The lowest BCUT2D eigenvalue weighted by atomic mass is 10.2. The van der Waals surface area contributed by atoms with Gasteiger partial charge in [-0.25, -0.2) is 0 Å². The second-order valence-electron chi connectivity index (χ2n) is 3.56. The van der Waals surface area contributed by atoms with E-state index in [1.54, 1.807) is 11.8 Å². The molecular weight excluding hydrogens is 224 g/mol. The lowest BCUT2D eigenvalue weighted by molar-refractivity contribution is -0.307. The molecule has 1 aromatic rings. The Balaban J connectivity index is 2.10. The summed E-state index contributed by atoms with van der Waals surface area (Å²) in [4.78, 5) is 10.2. The van der Waals surface area contributed by atoms with E-state index in [0.29, 0.717) is 6.42 Å². The first-order chi connectivity index (χ1) is 7.68. The topological polar surface area (TPSA) is 60.4 Å². The monoisotopic (exact) mass is 239 g/mol. The predicted octanol–water partition coefficient (Wildman–Crippen LogP) is 0.811. The van der Waals surface area contributed by atoms with Gasteiger partial charge < -0.3 is 15.0 Å². The van der Waals surface area contributed by atoms with E-state index in [2.05, 4.69) is 0 Å². The molecule has 1 rings (SSSR count). The Kier molecular flexibility index (Phi) is 5.96. The maximum atomic E-state index is 10.2. The molecule has 4 heteroatoms. The van der Waals surface area contributed by atoms with Gasteiger partial charge in [-0.2, -0.15) is 11.8 Å². The molecule has 0 spiro atoms. The summed E-state index contributed by atoms with van der Waals surface area (Å²) in [6, 6.07) is 10.0. The number of carbonyl (C=O) groups excluding carboxylic acids is 1. The summed E-state index contributed by atoms with van der Waals surface area (Å²) in [7, 11) is 0. The molecule has 0 fully saturated rings. The first-order valence-corrected chi connectivity index (χ1v) is 6.33. The highest BCUT2D eigenvalue weighted by molar-refractivity contribution is 7.98. The Hall–Kier alpha value is -1.00. The van der Waals surface area contributed by atoms with Crippen LogP contribution >= 0.6 is 11.8 Å². The molecule has 3 nitrogen and oxygen atoms in total. The number of thioether (sulfide) groups is 1. The molecule has 0 amide bonds. The fourth-order valence-electron chi connectivity index (χ4n) is 1.28. The van der Waals surface area contributed by atoms with Gasteiger partial charge in [0.05, 0.1) is 6.10 Å². The molecule has 1 atom stereocenters. The number of aliphatic hydroxyl groups is 1. The molecule has 88 valence electrons. The van der Waals surface area contributed by atoms with Gasteiger partial charge in [-0.15, -0.1) is 0 Å². The van der Waals surface area contributed by atoms with Crippen LogP contribution in [0.4, 0.5) is 0 Å². The summed E-state index contributed by atoms with van der Waals surface area (Å²) in [5.74, 6) is 0.447. The largest absolute Gasteiger partial charge is 0.550 e. The van der Waals surface area contributed by atoms with Crippen LogP contribution in [0.5, 0.6) is 0 Å². The van der Waals surface area contributed by atoms with Crippen LogP contribution in [0.2, 0.25) is 0 Å². The second-order valence-corrected chi connectivity index (χ2v) is 4.66. The van der Waals surface area contributed by atoms with Crippen LogP contribution in [0.25, 0.3) is 0 Å². The number of carbonyl (C=O) groups is 1. The van der Waals surface area contributed by atoms with Crippen molar-refractivity contribution in [3.8, 4) is 0 Å². The SMILES string of the molecule is O=C([O-])CC(O)CCSCc1ccccc1. The lowest BCUT2D eigenvalue weighted by Crippen LogP contribution is -2.27. The van der Waals surface area contributed by atoms with Crippen LogP contribution in [0.3, 0.4) is 0 Å². The Bertz CT molecular complexity index is 313. The third-order valence-electron chi connectivity index (χ3n) is 2.11. The van der Waals surface area contributed by atoms with E-state index in [1.807, 2.05) is 30.3 Å². The normalized spacial score (nSPS) is 12.3. The third kappa shape index (κ3) is 5.78. The molecule has 0 aromatic heterocycles. The van der Waals surface area contributed by atoms with Crippen LogP contribution in [-0.4, -0.2) is 22.9 Å². The van der Waals surface area contributed by atoms with Crippen molar-refractivity contribution in [3.05, 3.63) is 35.9 Å². The van der Waals surface area contributed by atoms with Crippen molar-refractivity contribution in [1.29, 1.82) is 0 Å². The average molecular weight is 239 g/mol. The third-order valence-corrected chi connectivity index (χ3v) is 3.17. The van der Waals surface area contributed by atoms with Crippen LogP contribution in [0.1, 0.15) is 18.4 Å². The number of carboxylic acids is 1. The highest BCUT2D eigenvalue weighted by Gasteiger charge is 2.04. The molecule has 0 bridgehead atoms. The predicted molar refractivity (Wildman–Crippen MR) is 62.9 cm³/mol. The number of aliphatic hydroxyl groups excluding tert-OH is 1. The minimum absolute atomic E-state index is 0.272. The van der Waals surface area contributed by atoms with Gasteiger partial charge in [0, 0.05) is 18.1 Å². The molecule has 1 aromatic carbocycles. The van der Waals surface area contributed by atoms with E-state index in [-0.39, 0.29) is 6.42 Å². The highest BCUT2D eigenvalue weighted by Crippen LogP contribution is 2.14. The van der Waals surface area contributed by atoms with Crippen LogP contribution in [0.15, 0.2) is 30.3 Å². The van der Waals surface area contributed by atoms with Crippen LogP contribution in [0, 0.1) is 0 Å². The molecule has 0 aliphatic carbocycles. The number of aliphatic carboxylic acids is 1. The number of rotatable bonds is 7. The van der Waals surface area contributed by atoms with Gasteiger partial charge in [0.2, 0.25) is 0 Å². The zero-order chi connectivity index (χ0) is 11.8. The molecule has 1 N–H and O–H groups in total. The zero-order valence-electron chi connectivity index (χ0n) is 8.96. The maximum absolute atomic E-state index is 10.2. The van der Waals surface area contributed by atoms with E-state index in [4.69, 9.17) is 0 Å². The molecular formula is C12H15O3S-. The Morgan fingerprint density at radius 1 is 1.38 bits per heavy atom. The summed E-state index contributed by atoms with van der Waals surface area (Å²) in [6.07, 6.45) is -0.564. The highest BCUT2D eigenvalue weighted by atomic mass is 32.2. The van der Waals surface area contributed by atoms with Crippen LogP contribution < -0.4 is 5.11 Å². The van der Waals surface area contributed by atoms with Crippen molar-refractivity contribution in [3.63, 3.8) is 0 Å². The van der Waals surface area contributed by atoms with E-state index in [1.165, 1.54) is 5.56 Å². The molecule has 0 aliphatic rings. The Morgan fingerprint density at radius 2 is 2.06 bits per heavy atom. The molecule has 16 heavy (non-hydrogen) atoms. The number of hydrogen-bond donors (Lipinski definition) is 1. The smallest absolute Gasteiger partial charge is 0.0600 e. The van der Waals surface area contributed by atoms with Crippen LogP contribution in [-0.2, 0) is 10.5 Å². The van der Waals surface area contributed by atoms with Crippen molar-refractivity contribution in [2.75, 3.05) is 5.75 Å². The summed E-state index contributed by atoms with van der Waals surface area (Å²) in [5, 5.41) is 19.5. The van der Waals surface area contributed by atoms with Gasteiger partial charge in [-0.05, 0) is 17.7 Å². The van der Waals surface area contributed by atoms with E-state index in [0.717, 1.165) is 11.5 Å².